The van der Waals surface area contributed by atoms with Gasteiger partial charge in [-0.1, -0.05) is 82.1 Å². The predicted molar refractivity (Wildman–Crippen MR) is 121 cm³/mol. The SMILES string of the molecule is CCCCC[Si@H]1CC[C@H]([C@H]2CC[C@H](CCc3ccc(OC(F)(F)F)cc3)CC2)CC1. The lowest BCUT2D eigenvalue weighted by Gasteiger charge is -2.37. The minimum atomic E-state index is -4.61. The molecular formula is C25H39F3OSi. The van der Waals surface area contributed by atoms with Crippen LogP contribution in [0.2, 0.25) is 18.1 Å². The van der Waals surface area contributed by atoms with Crippen LogP contribution in [-0.4, -0.2) is 15.2 Å². The highest BCUT2D eigenvalue weighted by atomic mass is 28.3. The molecule has 3 rings (SSSR count). The fourth-order valence-corrected chi connectivity index (χ4v) is 9.34. The quantitative estimate of drug-likeness (QED) is 0.278. The number of unbranched alkanes of at least 4 members (excludes halogenated alkanes) is 2. The van der Waals surface area contributed by atoms with Crippen LogP contribution in [0.3, 0.4) is 0 Å². The van der Waals surface area contributed by atoms with Crippen molar-refractivity contribution in [3.63, 3.8) is 0 Å². The van der Waals surface area contributed by atoms with Crippen LogP contribution in [0.25, 0.3) is 0 Å². The zero-order chi connectivity index (χ0) is 21.4. The number of alkyl halides is 3. The summed E-state index contributed by atoms with van der Waals surface area (Å²) in [5, 5.41) is 0. The van der Waals surface area contributed by atoms with E-state index in [1.54, 1.807) is 30.3 Å². The summed E-state index contributed by atoms with van der Waals surface area (Å²) < 4.78 is 40.7. The van der Waals surface area contributed by atoms with Crippen LogP contribution in [0.15, 0.2) is 24.3 Å². The average Bonchev–Trinajstić information content (AvgIpc) is 2.73. The first-order valence-electron chi connectivity index (χ1n) is 12.3. The average molecular weight is 441 g/mol. The molecule has 0 bridgehead atoms. The van der Waals surface area contributed by atoms with Crippen LogP contribution < -0.4 is 4.74 Å². The third-order valence-electron chi connectivity index (χ3n) is 7.66. The third kappa shape index (κ3) is 7.94. The van der Waals surface area contributed by atoms with Gasteiger partial charge in [-0.15, -0.1) is 13.2 Å². The Hall–Kier alpha value is -0.973. The predicted octanol–water partition coefficient (Wildman–Crippen LogP) is 8.15. The Morgan fingerprint density at radius 2 is 1.53 bits per heavy atom. The Bertz CT molecular complexity index is 600. The van der Waals surface area contributed by atoms with E-state index in [9.17, 15) is 13.2 Å². The van der Waals surface area contributed by atoms with E-state index >= 15 is 0 Å². The molecule has 0 unspecified atom stereocenters. The molecule has 2 aliphatic rings. The smallest absolute Gasteiger partial charge is 0.406 e. The van der Waals surface area contributed by atoms with Gasteiger partial charge in [0.25, 0.3) is 0 Å². The second-order valence-electron chi connectivity index (χ2n) is 9.79. The lowest BCUT2D eigenvalue weighted by Crippen LogP contribution is -2.28. The van der Waals surface area contributed by atoms with Gasteiger partial charge in [0.05, 0.1) is 0 Å². The van der Waals surface area contributed by atoms with E-state index in [0.29, 0.717) is 0 Å². The van der Waals surface area contributed by atoms with E-state index in [-0.39, 0.29) is 5.75 Å². The van der Waals surface area contributed by atoms with Crippen molar-refractivity contribution < 1.29 is 17.9 Å². The van der Waals surface area contributed by atoms with Gasteiger partial charge in [-0.2, -0.15) is 0 Å². The van der Waals surface area contributed by atoms with E-state index in [2.05, 4.69) is 11.7 Å². The molecule has 2 fully saturated rings. The molecule has 0 spiro atoms. The number of aryl methyl sites for hydroxylation is 1. The van der Waals surface area contributed by atoms with Crippen molar-refractivity contribution in [2.45, 2.75) is 102 Å². The highest BCUT2D eigenvalue weighted by Gasteiger charge is 2.32. The highest BCUT2D eigenvalue weighted by Crippen LogP contribution is 2.42. The van der Waals surface area contributed by atoms with Gasteiger partial charge in [-0.05, 0) is 61.1 Å². The Morgan fingerprint density at radius 1 is 0.900 bits per heavy atom. The summed E-state index contributed by atoms with van der Waals surface area (Å²) in [6, 6.07) is 11.2. The topological polar surface area (TPSA) is 9.23 Å². The van der Waals surface area contributed by atoms with E-state index in [4.69, 9.17) is 0 Å². The van der Waals surface area contributed by atoms with E-state index < -0.39 is 15.2 Å². The molecule has 0 aromatic heterocycles. The second kappa shape index (κ2) is 11.6. The van der Waals surface area contributed by atoms with Crippen molar-refractivity contribution in [1.29, 1.82) is 0 Å². The summed E-state index contributed by atoms with van der Waals surface area (Å²) >= 11 is 0. The summed E-state index contributed by atoms with van der Waals surface area (Å²) in [6.07, 6.45) is 10.3. The van der Waals surface area contributed by atoms with Gasteiger partial charge < -0.3 is 4.74 Å². The first-order chi connectivity index (χ1) is 14.4. The second-order valence-corrected chi connectivity index (χ2v) is 13.3. The molecule has 1 saturated carbocycles. The minimum absolute atomic E-state index is 0.130. The van der Waals surface area contributed by atoms with Crippen molar-refractivity contribution in [2.75, 3.05) is 0 Å². The minimum Gasteiger partial charge on any atom is -0.406 e. The van der Waals surface area contributed by atoms with Crippen LogP contribution in [0.5, 0.6) is 5.75 Å². The van der Waals surface area contributed by atoms with Crippen LogP contribution in [0.1, 0.15) is 76.7 Å². The molecule has 1 nitrogen and oxygen atoms in total. The van der Waals surface area contributed by atoms with Gasteiger partial charge in [0.1, 0.15) is 5.75 Å². The van der Waals surface area contributed by atoms with E-state index in [0.717, 1.165) is 36.2 Å². The monoisotopic (exact) mass is 440 g/mol. The summed E-state index contributed by atoms with van der Waals surface area (Å²) in [5.74, 6) is 2.62. The van der Waals surface area contributed by atoms with Gasteiger partial charge in [0.2, 0.25) is 0 Å². The number of hydrogen-bond acceptors (Lipinski definition) is 1. The molecule has 1 aromatic rings. The van der Waals surface area contributed by atoms with Gasteiger partial charge in [-0.3, -0.25) is 0 Å². The Kier molecular flexibility index (Phi) is 9.15. The van der Waals surface area contributed by atoms with Crippen LogP contribution in [0, 0.1) is 17.8 Å². The molecule has 170 valence electrons. The summed E-state index contributed by atoms with van der Waals surface area (Å²) in [7, 11) is -0.396. The van der Waals surface area contributed by atoms with Crippen molar-refractivity contribution in [3.05, 3.63) is 29.8 Å². The molecule has 1 heterocycles. The standard InChI is InChI=1S/C25H39F3OSi/c1-2-3-4-17-30-18-15-23(16-19-30)22-11-7-20(8-12-22)5-6-21-9-13-24(14-10-21)29-25(26,27)28/h9-10,13-14,20,22-23,30H,2-8,11-12,15-19H2,1H3/t20-,22-,23-,30-. The van der Waals surface area contributed by atoms with E-state index in [1.807, 2.05) is 0 Å². The third-order valence-corrected chi connectivity index (χ3v) is 11.2. The Balaban J connectivity index is 1.32. The number of ether oxygens (including phenoxy) is 1. The zero-order valence-electron chi connectivity index (χ0n) is 18.6. The number of hydrogen-bond donors (Lipinski definition) is 0. The molecule has 1 saturated heterocycles. The van der Waals surface area contributed by atoms with Crippen molar-refractivity contribution in [2.24, 2.45) is 17.8 Å². The molecule has 1 aliphatic heterocycles. The maximum atomic E-state index is 12.3. The molecule has 5 heteroatoms. The molecule has 0 atom stereocenters. The molecule has 0 N–H and O–H groups in total. The van der Waals surface area contributed by atoms with Crippen molar-refractivity contribution >= 4 is 8.80 Å². The van der Waals surface area contributed by atoms with Crippen molar-refractivity contribution in [1.82, 2.24) is 0 Å². The number of benzene rings is 1. The maximum absolute atomic E-state index is 12.3. The van der Waals surface area contributed by atoms with Gasteiger partial charge >= 0.3 is 6.36 Å². The number of halogens is 3. The van der Waals surface area contributed by atoms with Crippen LogP contribution in [-0.2, 0) is 6.42 Å². The first kappa shape index (κ1) is 23.7. The zero-order valence-corrected chi connectivity index (χ0v) is 19.7. The lowest BCUT2D eigenvalue weighted by molar-refractivity contribution is -0.274. The number of rotatable bonds is 9. The molecular weight excluding hydrogens is 401 g/mol. The Labute approximate surface area is 182 Å². The molecule has 1 aromatic carbocycles. The normalized spacial score (nSPS) is 27.7. The highest BCUT2D eigenvalue weighted by molar-refractivity contribution is 6.58. The fourth-order valence-electron chi connectivity index (χ4n) is 5.81. The molecule has 30 heavy (non-hydrogen) atoms. The summed E-state index contributed by atoms with van der Waals surface area (Å²) in [6.45, 7) is 2.30. The largest absolute Gasteiger partial charge is 0.573 e. The first-order valence-corrected chi connectivity index (χ1v) is 14.7. The lowest BCUT2D eigenvalue weighted by atomic mass is 9.73. The van der Waals surface area contributed by atoms with Gasteiger partial charge in [0, 0.05) is 8.80 Å². The van der Waals surface area contributed by atoms with Crippen molar-refractivity contribution in [3.8, 4) is 5.75 Å². The molecule has 0 radical (unpaired) electrons. The maximum Gasteiger partial charge on any atom is 0.573 e. The van der Waals surface area contributed by atoms with Gasteiger partial charge in [-0.25, -0.2) is 0 Å². The summed E-state index contributed by atoms with van der Waals surface area (Å²) in [5.41, 5.74) is 1.11. The van der Waals surface area contributed by atoms with E-state index in [1.165, 1.54) is 69.9 Å². The van der Waals surface area contributed by atoms with Gasteiger partial charge in [0.15, 0.2) is 0 Å². The molecule has 1 aliphatic carbocycles. The fraction of sp³-hybridized carbons (Fsp3) is 0.760. The summed E-state index contributed by atoms with van der Waals surface area (Å²) in [4.78, 5) is 0. The molecule has 0 amide bonds. The van der Waals surface area contributed by atoms with Crippen LogP contribution >= 0.6 is 0 Å². The van der Waals surface area contributed by atoms with Crippen LogP contribution in [0.4, 0.5) is 13.2 Å². The Morgan fingerprint density at radius 3 is 2.13 bits per heavy atom.